The van der Waals surface area contributed by atoms with Crippen molar-refractivity contribution in [1.82, 2.24) is 9.88 Å². The van der Waals surface area contributed by atoms with Crippen LogP contribution in [-0.4, -0.2) is 42.0 Å². The van der Waals surface area contributed by atoms with E-state index >= 15 is 0 Å². The van der Waals surface area contributed by atoms with E-state index in [1.165, 1.54) is 24.8 Å². The molecule has 5 nitrogen and oxygen atoms in total. The summed E-state index contributed by atoms with van der Waals surface area (Å²) in [6.07, 6.45) is 6.37. The van der Waals surface area contributed by atoms with E-state index in [1.54, 1.807) is 11.3 Å². The molecule has 0 radical (unpaired) electrons. The number of hydrogen-bond acceptors (Lipinski definition) is 5. The van der Waals surface area contributed by atoms with Crippen LogP contribution in [0.5, 0.6) is 5.75 Å². The number of likely N-dealkylation sites (tertiary alicyclic amines) is 1. The zero-order valence-electron chi connectivity index (χ0n) is 21.3. The molecule has 2 aromatic carbocycles. The van der Waals surface area contributed by atoms with Crippen molar-refractivity contribution < 1.29 is 9.53 Å². The molecule has 3 aromatic rings. The molecule has 2 atom stereocenters. The molecule has 2 aliphatic heterocycles. The lowest BCUT2D eigenvalue weighted by molar-refractivity contribution is 0.0792. The monoisotopic (exact) mass is 501 g/mol. The van der Waals surface area contributed by atoms with Gasteiger partial charge in [-0.25, -0.2) is 4.98 Å². The fourth-order valence-electron chi connectivity index (χ4n) is 6.12. The number of anilines is 1. The predicted octanol–water partition coefficient (Wildman–Crippen LogP) is 6.48. The zero-order chi connectivity index (χ0) is 24.6. The highest BCUT2D eigenvalue weighted by molar-refractivity contribution is 7.14. The lowest BCUT2D eigenvalue weighted by Gasteiger charge is -2.31. The average Bonchev–Trinajstić information content (AvgIpc) is 3.65. The van der Waals surface area contributed by atoms with E-state index in [4.69, 9.17) is 9.72 Å². The Kier molecular flexibility index (Phi) is 6.46. The van der Waals surface area contributed by atoms with Crippen LogP contribution in [0.4, 0.5) is 5.13 Å². The average molecular weight is 502 g/mol. The summed E-state index contributed by atoms with van der Waals surface area (Å²) >= 11 is 1.75. The third-order valence-electron chi connectivity index (χ3n) is 8.15. The van der Waals surface area contributed by atoms with Gasteiger partial charge in [0.1, 0.15) is 12.4 Å². The number of fused-ring (bicyclic) bond motifs is 2. The third-order valence-corrected chi connectivity index (χ3v) is 9.05. The van der Waals surface area contributed by atoms with E-state index in [9.17, 15) is 4.79 Å². The number of amides is 1. The number of aromatic nitrogens is 1. The molecule has 2 bridgehead atoms. The van der Waals surface area contributed by atoms with Gasteiger partial charge in [0, 0.05) is 42.7 Å². The summed E-state index contributed by atoms with van der Waals surface area (Å²) in [7, 11) is 0. The quantitative estimate of drug-likeness (QED) is 0.388. The summed E-state index contributed by atoms with van der Waals surface area (Å²) in [4.78, 5) is 22.3. The number of aryl methyl sites for hydroxylation is 2. The van der Waals surface area contributed by atoms with Crippen molar-refractivity contribution in [2.75, 3.05) is 31.1 Å². The molecule has 1 aromatic heterocycles. The number of carbonyl (C=O) groups excluding carboxylic acids is 1. The fraction of sp³-hybridized carbons (Fsp3) is 0.467. The van der Waals surface area contributed by atoms with E-state index in [0.717, 1.165) is 89.7 Å². The third kappa shape index (κ3) is 4.75. The number of rotatable bonds is 6. The van der Waals surface area contributed by atoms with Gasteiger partial charge in [-0.2, -0.15) is 0 Å². The first-order valence-electron chi connectivity index (χ1n) is 13.4. The van der Waals surface area contributed by atoms with E-state index in [-0.39, 0.29) is 5.91 Å². The first kappa shape index (κ1) is 23.5. The number of carbonyl (C=O) groups is 1. The maximum atomic E-state index is 12.8. The van der Waals surface area contributed by atoms with Crippen molar-refractivity contribution >= 4 is 22.4 Å². The van der Waals surface area contributed by atoms with Crippen molar-refractivity contribution in [1.29, 1.82) is 0 Å². The SMILES string of the molecule is Cc1ccc(OCc2ccc(C(=O)N3CCCC3)cc2C)c(-c2csc(N3CC4CC[C@H](C4)C3)n2)c1. The van der Waals surface area contributed by atoms with Gasteiger partial charge in [-0.15, -0.1) is 11.3 Å². The van der Waals surface area contributed by atoms with Crippen LogP contribution in [0.15, 0.2) is 41.8 Å². The maximum Gasteiger partial charge on any atom is 0.253 e. The highest BCUT2D eigenvalue weighted by Crippen LogP contribution is 2.40. The minimum Gasteiger partial charge on any atom is -0.488 e. The molecule has 3 fully saturated rings. The highest BCUT2D eigenvalue weighted by atomic mass is 32.1. The largest absolute Gasteiger partial charge is 0.488 e. The molecule has 1 aliphatic carbocycles. The molecule has 2 saturated heterocycles. The minimum absolute atomic E-state index is 0.143. The van der Waals surface area contributed by atoms with Crippen molar-refractivity contribution in [2.45, 2.75) is 52.6 Å². The van der Waals surface area contributed by atoms with E-state index < -0.39 is 0 Å². The van der Waals surface area contributed by atoms with Crippen LogP contribution in [0.25, 0.3) is 11.3 Å². The van der Waals surface area contributed by atoms with Crippen LogP contribution >= 0.6 is 11.3 Å². The van der Waals surface area contributed by atoms with E-state index in [2.05, 4.69) is 42.3 Å². The van der Waals surface area contributed by atoms with E-state index in [0.29, 0.717) is 6.61 Å². The first-order chi connectivity index (χ1) is 17.5. The smallest absolute Gasteiger partial charge is 0.253 e. The molecule has 6 rings (SSSR count). The summed E-state index contributed by atoms with van der Waals surface area (Å²) in [5.74, 6) is 2.68. The van der Waals surface area contributed by atoms with Crippen LogP contribution < -0.4 is 9.64 Å². The molecular weight excluding hydrogens is 466 g/mol. The number of nitrogens with zero attached hydrogens (tertiary/aromatic N) is 3. The van der Waals surface area contributed by atoms with Gasteiger partial charge in [-0.05, 0) is 93.2 Å². The lowest BCUT2D eigenvalue weighted by atomic mass is 9.99. The zero-order valence-corrected chi connectivity index (χ0v) is 22.2. The van der Waals surface area contributed by atoms with E-state index in [1.807, 2.05) is 23.1 Å². The Labute approximate surface area is 218 Å². The van der Waals surface area contributed by atoms with Crippen LogP contribution in [0.1, 0.15) is 59.2 Å². The van der Waals surface area contributed by atoms with Gasteiger partial charge in [-0.1, -0.05) is 17.7 Å². The number of benzene rings is 2. The normalized spacial score (nSPS) is 21.3. The maximum absolute atomic E-state index is 12.8. The molecular formula is C30H35N3O2S. The van der Waals surface area contributed by atoms with Crippen molar-refractivity contribution in [3.05, 3.63) is 64.0 Å². The molecule has 0 spiro atoms. The summed E-state index contributed by atoms with van der Waals surface area (Å²) < 4.78 is 6.37. The van der Waals surface area contributed by atoms with Crippen LogP contribution in [-0.2, 0) is 6.61 Å². The van der Waals surface area contributed by atoms with Gasteiger partial charge >= 0.3 is 0 Å². The molecule has 6 heteroatoms. The highest BCUT2D eigenvalue weighted by Gasteiger charge is 2.34. The van der Waals surface area contributed by atoms with Gasteiger partial charge in [0.05, 0.1) is 5.69 Å². The van der Waals surface area contributed by atoms with Crippen LogP contribution in [0.3, 0.4) is 0 Å². The molecule has 3 aliphatic rings. The Morgan fingerprint density at radius 1 is 1.06 bits per heavy atom. The topological polar surface area (TPSA) is 45.7 Å². The Morgan fingerprint density at radius 2 is 1.83 bits per heavy atom. The fourth-order valence-corrected chi connectivity index (χ4v) is 6.96. The standard InChI is InChI=1S/C30H35N3O2S/c1-20-5-10-28(35-18-25-9-8-24(14-21(25)2)29(34)32-11-3-4-12-32)26(13-20)27-19-36-30(31-27)33-16-22-6-7-23(15-22)17-33/h5,8-10,13-14,19,22-23H,3-4,6-7,11-12,15-18H2,1-2H3/t22-,23?/m1/s1. The molecule has 36 heavy (non-hydrogen) atoms. The number of thiazole rings is 1. The number of piperidine rings is 1. The van der Waals surface area contributed by atoms with Gasteiger partial charge in [0.25, 0.3) is 5.91 Å². The Morgan fingerprint density at radius 3 is 2.58 bits per heavy atom. The Bertz CT molecular complexity index is 1250. The minimum atomic E-state index is 0.143. The molecule has 1 amide bonds. The van der Waals surface area contributed by atoms with Gasteiger partial charge in [0.15, 0.2) is 5.13 Å². The molecule has 1 saturated carbocycles. The van der Waals surface area contributed by atoms with Crippen molar-refractivity contribution in [3.8, 4) is 17.0 Å². The van der Waals surface area contributed by atoms with Gasteiger partial charge in [0.2, 0.25) is 0 Å². The lowest BCUT2D eigenvalue weighted by Crippen LogP contribution is -2.36. The summed E-state index contributed by atoms with van der Waals surface area (Å²) in [5.41, 5.74) is 6.21. The second kappa shape index (κ2) is 9.89. The van der Waals surface area contributed by atoms with Crippen LogP contribution in [0, 0.1) is 25.7 Å². The Balaban J connectivity index is 1.18. The summed E-state index contributed by atoms with van der Waals surface area (Å²) in [6, 6.07) is 12.3. The molecule has 188 valence electrons. The summed E-state index contributed by atoms with van der Waals surface area (Å²) in [5, 5.41) is 3.32. The number of hydrogen-bond donors (Lipinski definition) is 0. The van der Waals surface area contributed by atoms with Gasteiger partial charge < -0.3 is 14.5 Å². The second-order valence-corrected chi connectivity index (χ2v) is 11.7. The summed E-state index contributed by atoms with van der Waals surface area (Å²) in [6.45, 7) is 8.68. The molecule has 1 unspecified atom stereocenters. The Hall–Kier alpha value is -2.86. The second-order valence-electron chi connectivity index (χ2n) is 10.9. The molecule has 0 N–H and O–H groups in total. The predicted molar refractivity (Wildman–Crippen MR) is 146 cm³/mol. The number of ether oxygens (including phenoxy) is 1. The van der Waals surface area contributed by atoms with Crippen molar-refractivity contribution in [3.63, 3.8) is 0 Å². The van der Waals surface area contributed by atoms with Gasteiger partial charge in [-0.3, -0.25) is 4.79 Å². The van der Waals surface area contributed by atoms with Crippen molar-refractivity contribution in [2.24, 2.45) is 11.8 Å². The molecule has 3 heterocycles. The first-order valence-corrected chi connectivity index (χ1v) is 14.2. The van der Waals surface area contributed by atoms with Crippen LogP contribution in [0.2, 0.25) is 0 Å².